The summed E-state index contributed by atoms with van der Waals surface area (Å²) in [4.78, 5) is 25.4. The van der Waals surface area contributed by atoms with Gasteiger partial charge >= 0.3 is 11.8 Å². The van der Waals surface area contributed by atoms with E-state index in [-0.39, 0.29) is 11.4 Å². The van der Waals surface area contributed by atoms with Crippen LogP contribution in [-0.4, -0.2) is 66.3 Å². The van der Waals surface area contributed by atoms with Crippen LogP contribution in [0.3, 0.4) is 0 Å². The van der Waals surface area contributed by atoms with Crippen molar-refractivity contribution in [1.29, 1.82) is 5.26 Å². The van der Waals surface area contributed by atoms with Gasteiger partial charge in [0.2, 0.25) is 0 Å². The lowest BCUT2D eigenvalue weighted by Crippen LogP contribution is -2.43. The summed E-state index contributed by atoms with van der Waals surface area (Å²) in [5.74, 6) is -1.47. The van der Waals surface area contributed by atoms with Gasteiger partial charge in [0.25, 0.3) is 0 Å². The lowest BCUT2D eigenvalue weighted by Gasteiger charge is -2.26. The highest BCUT2D eigenvalue weighted by Crippen LogP contribution is 2.08. The predicted octanol–water partition coefficient (Wildman–Crippen LogP) is -1.33. The van der Waals surface area contributed by atoms with Crippen molar-refractivity contribution in [3.05, 3.63) is 11.8 Å². The minimum absolute atomic E-state index is 0.117. The summed E-state index contributed by atoms with van der Waals surface area (Å²) in [6.07, 6.45) is 1.27. The fourth-order valence-corrected chi connectivity index (χ4v) is 1.87. The number of morpholine rings is 1. The van der Waals surface area contributed by atoms with Crippen LogP contribution in [0.25, 0.3) is 0 Å². The summed E-state index contributed by atoms with van der Waals surface area (Å²) >= 11 is 0. The molecule has 1 aromatic rings. The number of hydrogen-bond donors (Lipinski definition) is 3. The van der Waals surface area contributed by atoms with E-state index in [4.69, 9.17) is 10.00 Å². The highest BCUT2D eigenvalue weighted by atomic mass is 16.5. The third-order valence-electron chi connectivity index (χ3n) is 3.02. The zero-order valence-electron chi connectivity index (χ0n) is 11.4. The summed E-state index contributed by atoms with van der Waals surface area (Å²) in [6.45, 7) is 4.05. The number of hydrogen-bond acceptors (Lipinski definition) is 6. The zero-order chi connectivity index (χ0) is 15.1. The maximum Gasteiger partial charge on any atom is 0.314 e. The molecule has 2 rings (SSSR count). The number of anilines is 1. The highest BCUT2D eigenvalue weighted by molar-refractivity contribution is 6.39. The number of carbonyl (C=O) groups excluding carboxylic acids is 2. The number of nitriles is 1. The first-order valence-corrected chi connectivity index (χ1v) is 6.53. The van der Waals surface area contributed by atoms with Gasteiger partial charge in [-0.25, -0.2) is 0 Å². The van der Waals surface area contributed by atoms with Crippen molar-refractivity contribution in [2.24, 2.45) is 0 Å². The van der Waals surface area contributed by atoms with E-state index in [9.17, 15) is 9.59 Å². The lowest BCUT2D eigenvalue weighted by atomic mass is 10.3. The van der Waals surface area contributed by atoms with E-state index < -0.39 is 11.8 Å². The second-order valence-electron chi connectivity index (χ2n) is 4.43. The van der Waals surface area contributed by atoms with Crippen molar-refractivity contribution in [1.82, 2.24) is 20.4 Å². The Kier molecular flexibility index (Phi) is 5.25. The molecule has 9 nitrogen and oxygen atoms in total. The fraction of sp³-hybridized carbons (Fsp3) is 0.500. The van der Waals surface area contributed by atoms with E-state index in [0.717, 1.165) is 13.1 Å². The number of H-pyrrole nitrogens is 1. The normalized spacial score (nSPS) is 15.2. The van der Waals surface area contributed by atoms with Crippen LogP contribution < -0.4 is 10.6 Å². The van der Waals surface area contributed by atoms with Crippen molar-refractivity contribution in [2.45, 2.75) is 0 Å². The minimum Gasteiger partial charge on any atom is -0.379 e. The second kappa shape index (κ2) is 7.37. The van der Waals surface area contributed by atoms with Crippen molar-refractivity contribution in [2.75, 3.05) is 44.7 Å². The Morgan fingerprint density at radius 3 is 2.90 bits per heavy atom. The van der Waals surface area contributed by atoms with Crippen molar-refractivity contribution >= 4 is 17.6 Å². The molecule has 0 unspecified atom stereocenters. The number of aromatic nitrogens is 2. The number of carbonyl (C=O) groups is 2. The van der Waals surface area contributed by atoms with Crippen molar-refractivity contribution < 1.29 is 14.3 Å². The van der Waals surface area contributed by atoms with E-state index in [1.54, 1.807) is 0 Å². The molecule has 0 aromatic carbocycles. The SMILES string of the molecule is N#Cc1cn[nH]c1NC(=O)C(=O)NCCN1CCOCC1. The summed E-state index contributed by atoms with van der Waals surface area (Å²) in [5.41, 5.74) is 0.171. The van der Waals surface area contributed by atoms with Crippen LogP contribution in [0, 0.1) is 11.3 Å². The first-order valence-electron chi connectivity index (χ1n) is 6.53. The van der Waals surface area contributed by atoms with E-state index in [2.05, 4.69) is 25.7 Å². The van der Waals surface area contributed by atoms with Crippen LogP contribution in [0.15, 0.2) is 6.20 Å². The molecule has 0 radical (unpaired) electrons. The molecular formula is C12H16N6O3. The molecule has 1 aromatic heterocycles. The molecule has 0 aliphatic carbocycles. The predicted molar refractivity (Wildman–Crippen MR) is 72.2 cm³/mol. The van der Waals surface area contributed by atoms with E-state index in [1.807, 2.05) is 6.07 Å². The van der Waals surface area contributed by atoms with Gasteiger partial charge < -0.3 is 15.4 Å². The highest BCUT2D eigenvalue weighted by Gasteiger charge is 2.17. The molecule has 1 fully saturated rings. The summed E-state index contributed by atoms with van der Waals surface area (Å²) in [6, 6.07) is 1.85. The topological polar surface area (TPSA) is 123 Å². The Hall–Kier alpha value is -2.44. The third-order valence-corrected chi connectivity index (χ3v) is 3.02. The Bertz CT molecular complexity index is 543. The van der Waals surface area contributed by atoms with Crippen molar-refractivity contribution in [3.63, 3.8) is 0 Å². The Morgan fingerprint density at radius 1 is 1.43 bits per heavy atom. The molecule has 0 bridgehead atoms. The van der Waals surface area contributed by atoms with Crippen LogP contribution >= 0.6 is 0 Å². The number of aromatic amines is 1. The first-order chi connectivity index (χ1) is 10.2. The average molecular weight is 292 g/mol. The van der Waals surface area contributed by atoms with Crippen molar-refractivity contribution in [3.8, 4) is 6.07 Å². The van der Waals surface area contributed by atoms with Gasteiger partial charge in [0.15, 0.2) is 0 Å². The Morgan fingerprint density at radius 2 is 2.19 bits per heavy atom. The zero-order valence-corrected chi connectivity index (χ0v) is 11.4. The van der Waals surface area contributed by atoms with Crippen LogP contribution in [0.4, 0.5) is 5.82 Å². The molecule has 2 amide bonds. The first kappa shape index (κ1) is 15.0. The van der Waals surface area contributed by atoms with E-state index >= 15 is 0 Å². The molecule has 0 spiro atoms. The van der Waals surface area contributed by atoms with Gasteiger partial charge in [-0.3, -0.25) is 19.6 Å². The van der Waals surface area contributed by atoms with Crippen LogP contribution in [0.5, 0.6) is 0 Å². The number of ether oxygens (including phenoxy) is 1. The fourth-order valence-electron chi connectivity index (χ4n) is 1.87. The summed E-state index contributed by atoms with van der Waals surface area (Å²) in [7, 11) is 0. The maximum absolute atomic E-state index is 11.6. The molecule has 21 heavy (non-hydrogen) atoms. The van der Waals surface area contributed by atoms with Gasteiger partial charge in [-0.1, -0.05) is 0 Å². The molecule has 0 atom stereocenters. The molecule has 1 saturated heterocycles. The van der Waals surface area contributed by atoms with Gasteiger partial charge in [-0.2, -0.15) is 10.4 Å². The Labute approximate surface area is 121 Å². The molecule has 112 valence electrons. The standard InChI is InChI=1S/C12H16N6O3/c13-7-9-8-15-17-10(9)16-12(20)11(19)14-1-2-18-3-5-21-6-4-18/h8H,1-6H2,(H,14,19)(H2,15,16,17,20). The van der Waals surface area contributed by atoms with Gasteiger partial charge in [0.1, 0.15) is 17.5 Å². The van der Waals surface area contributed by atoms with Crippen LogP contribution in [0.2, 0.25) is 0 Å². The molecule has 1 aliphatic rings. The van der Waals surface area contributed by atoms with Gasteiger partial charge in [-0.05, 0) is 0 Å². The molecule has 1 aliphatic heterocycles. The van der Waals surface area contributed by atoms with Crippen LogP contribution in [-0.2, 0) is 14.3 Å². The minimum atomic E-state index is -0.835. The summed E-state index contributed by atoms with van der Waals surface area (Å²) in [5, 5.41) is 19.7. The molecule has 2 heterocycles. The van der Waals surface area contributed by atoms with Crippen LogP contribution in [0.1, 0.15) is 5.56 Å². The smallest absolute Gasteiger partial charge is 0.314 e. The van der Waals surface area contributed by atoms with E-state index in [0.29, 0.717) is 26.3 Å². The average Bonchev–Trinajstić information content (AvgIpc) is 2.95. The second-order valence-corrected chi connectivity index (χ2v) is 4.43. The van der Waals surface area contributed by atoms with Gasteiger partial charge in [-0.15, -0.1) is 0 Å². The number of nitrogens with one attached hydrogen (secondary N) is 3. The largest absolute Gasteiger partial charge is 0.379 e. The number of amides is 2. The number of rotatable bonds is 4. The maximum atomic E-state index is 11.6. The molecule has 9 heteroatoms. The summed E-state index contributed by atoms with van der Waals surface area (Å²) < 4.78 is 5.22. The Balaban J connectivity index is 1.72. The van der Waals surface area contributed by atoms with Gasteiger partial charge in [0.05, 0.1) is 19.4 Å². The molecule has 0 saturated carbocycles. The third kappa shape index (κ3) is 4.27. The van der Waals surface area contributed by atoms with E-state index in [1.165, 1.54) is 6.20 Å². The molecule has 3 N–H and O–H groups in total. The lowest BCUT2D eigenvalue weighted by molar-refractivity contribution is -0.136. The van der Waals surface area contributed by atoms with Gasteiger partial charge in [0, 0.05) is 26.2 Å². The molecular weight excluding hydrogens is 276 g/mol. The monoisotopic (exact) mass is 292 g/mol. The number of nitrogens with zero attached hydrogens (tertiary/aromatic N) is 3. The quantitative estimate of drug-likeness (QED) is 0.591.